The lowest BCUT2D eigenvalue weighted by Crippen LogP contribution is -2.56. The Hall–Kier alpha value is -6.27. The van der Waals surface area contributed by atoms with Crippen LogP contribution >= 0.6 is 0 Å². The van der Waals surface area contributed by atoms with Gasteiger partial charge in [0.2, 0.25) is 17.7 Å². The van der Waals surface area contributed by atoms with Gasteiger partial charge in [0.1, 0.15) is 36.9 Å². The third kappa shape index (κ3) is 18.9. The number of nitro groups is 1. The second-order valence-electron chi connectivity index (χ2n) is 13.5. The molecule has 2 aromatic carbocycles. The molecule has 0 fully saturated rings. The van der Waals surface area contributed by atoms with Gasteiger partial charge in [-0.2, -0.15) is 0 Å². The first-order valence-electron chi connectivity index (χ1n) is 17.4. The maximum Gasteiger partial charge on any atom is 0.408 e. The molecule has 0 aliphatic carbocycles. The highest BCUT2D eigenvalue weighted by Crippen LogP contribution is 2.11. The van der Waals surface area contributed by atoms with E-state index in [0.29, 0.717) is 5.56 Å². The summed E-state index contributed by atoms with van der Waals surface area (Å²) in [5, 5.41) is 19.4. The minimum atomic E-state index is -1.54. The van der Waals surface area contributed by atoms with Crippen LogP contribution in [0.25, 0.3) is 0 Å². The molecule has 0 saturated heterocycles. The van der Waals surface area contributed by atoms with E-state index in [9.17, 15) is 38.9 Å². The van der Waals surface area contributed by atoms with Crippen molar-refractivity contribution < 1.29 is 48.0 Å². The second-order valence-corrected chi connectivity index (χ2v) is 13.5. The number of hydrazine groups is 1. The zero-order valence-electron chi connectivity index (χ0n) is 31.5. The largest absolute Gasteiger partial charge is 0.461 e. The van der Waals surface area contributed by atoms with Gasteiger partial charge >= 0.3 is 18.0 Å². The van der Waals surface area contributed by atoms with Gasteiger partial charge in [-0.05, 0) is 50.7 Å². The molecule has 0 radical (unpaired) electrons. The fourth-order valence-electron chi connectivity index (χ4n) is 4.62. The summed E-state index contributed by atoms with van der Waals surface area (Å²) >= 11 is 0. The van der Waals surface area contributed by atoms with Crippen molar-refractivity contribution in [2.45, 2.75) is 90.8 Å². The van der Waals surface area contributed by atoms with Crippen LogP contribution in [0.15, 0.2) is 65.7 Å². The number of aliphatic imine (C=N–C) groups is 1. The Bertz CT molecular complexity index is 1630. The monoisotopic (exact) mass is 770 g/mol. The lowest BCUT2D eigenvalue weighted by atomic mass is 10.0. The van der Waals surface area contributed by atoms with Crippen LogP contribution in [-0.2, 0) is 51.4 Å². The van der Waals surface area contributed by atoms with Crippen molar-refractivity contribution in [3.8, 4) is 0 Å². The fourth-order valence-corrected chi connectivity index (χ4v) is 4.62. The number of hydrogen-bond acceptors (Lipinski definition) is 12. The predicted octanol–water partition coefficient (Wildman–Crippen LogP) is 1.37. The van der Waals surface area contributed by atoms with E-state index in [-0.39, 0.29) is 32.6 Å². The van der Waals surface area contributed by atoms with Gasteiger partial charge < -0.3 is 41.2 Å². The number of guanidine groups is 1. The topological polar surface area (TPSA) is 272 Å². The van der Waals surface area contributed by atoms with Gasteiger partial charge in [-0.3, -0.25) is 19.2 Å². The molecule has 19 nitrogen and oxygen atoms in total. The van der Waals surface area contributed by atoms with Gasteiger partial charge in [-0.1, -0.05) is 79.9 Å². The van der Waals surface area contributed by atoms with Crippen molar-refractivity contribution in [3.63, 3.8) is 0 Å². The molecule has 0 unspecified atom stereocenters. The van der Waals surface area contributed by atoms with E-state index in [2.05, 4.69) is 26.3 Å². The highest BCUT2D eigenvalue weighted by atomic mass is 16.7. The number of rotatable bonds is 20. The summed E-state index contributed by atoms with van der Waals surface area (Å²) in [5.74, 6) is -5.07. The number of benzene rings is 2. The first-order chi connectivity index (χ1) is 25.9. The molecule has 19 heteroatoms. The molecular weight excluding hydrogens is 720 g/mol. The number of alkyl carbamates (subject to hydrolysis) is 1. The molecule has 4 amide bonds. The van der Waals surface area contributed by atoms with E-state index in [0.717, 1.165) is 5.56 Å². The number of nitrogens with zero attached hydrogens (tertiary/aromatic N) is 2. The average molecular weight is 771 g/mol. The number of nitrogens with two attached hydrogens (primary N) is 1. The van der Waals surface area contributed by atoms with Crippen LogP contribution in [0.4, 0.5) is 4.79 Å². The summed E-state index contributed by atoms with van der Waals surface area (Å²) in [7, 11) is 0. The van der Waals surface area contributed by atoms with Gasteiger partial charge in [-0.25, -0.2) is 24.7 Å². The van der Waals surface area contributed by atoms with E-state index in [1.165, 1.54) is 0 Å². The molecule has 0 saturated carbocycles. The molecule has 0 bridgehead atoms. The Kier molecular flexibility index (Phi) is 18.5. The standard InChI is InChI=1S/C36H50N8O11/c1-23(2)30(33(49)54-22-25-15-10-7-11-16-25)42-32(48)27(19-29(46)53-21-24-13-8-6-9-14-24)40-28(45)20-39-31(47)26(41-35(50)55-36(3,4)5)17-12-18-38-34(37)43-44(51)52/h6-11,13-16,23,26-27,30H,12,17-22H2,1-5H3,(H,39,47)(H,40,45)(H,41,50)(H,42,48)(H3,37,38,43)/t26-,27-,30-/m0/s1. The molecule has 7 N–H and O–H groups in total. The first kappa shape index (κ1) is 44.9. The van der Waals surface area contributed by atoms with Gasteiger partial charge in [0.15, 0.2) is 5.03 Å². The van der Waals surface area contributed by atoms with Crippen molar-refractivity contribution >= 4 is 41.7 Å². The third-order valence-corrected chi connectivity index (χ3v) is 7.28. The van der Waals surface area contributed by atoms with E-state index < -0.39 is 89.4 Å². The maximum atomic E-state index is 13.6. The predicted molar refractivity (Wildman–Crippen MR) is 198 cm³/mol. The van der Waals surface area contributed by atoms with Crippen molar-refractivity contribution in [1.29, 1.82) is 0 Å². The number of esters is 2. The molecule has 2 aromatic rings. The Morgan fingerprint density at radius 1 is 0.836 bits per heavy atom. The molecule has 0 heterocycles. The van der Waals surface area contributed by atoms with Crippen molar-refractivity contribution in [1.82, 2.24) is 26.7 Å². The van der Waals surface area contributed by atoms with Crippen LogP contribution in [0, 0.1) is 16.0 Å². The third-order valence-electron chi connectivity index (χ3n) is 7.28. The molecule has 0 aliphatic heterocycles. The summed E-state index contributed by atoms with van der Waals surface area (Å²) in [6.07, 6.45) is -1.47. The highest BCUT2D eigenvalue weighted by Gasteiger charge is 2.32. The summed E-state index contributed by atoms with van der Waals surface area (Å²) in [5.41, 5.74) is 7.60. The van der Waals surface area contributed by atoms with Crippen LogP contribution in [0.5, 0.6) is 0 Å². The van der Waals surface area contributed by atoms with Gasteiger partial charge in [0.25, 0.3) is 5.96 Å². The highest BCUT2D eigenvalue weighted by molar-refractivity contribution is 5.95. The van der Waals surface area contributed by atoms with E-state index in [4.69, 9.17) is 19.9 Å². The Morgan fingerprint density at radius 2 is 1.42 bits per heavy atom. The normalized spacial score (nSPS) is 12.9. The average Bonchev–Trinajstić information content (AvgIpc) is 3.11. The molecule has 0 aromatic heterocycles. The van der Waals surface area contributed by atoms with Crippen LogP contribution in [0.2, 0.25) is 0 Å². The summed E-state index contributed by atoms with van der Waals surface area (Å²) in [6, 6.07) is 13.7. The van der Waals surface area contributed by atoms with Gasteiger partial charge in [-0.15, -0.1) is 0 Å². The SMILES string of the molecule is CC(C)[C@H](NC(=O)[C@H](CC(=O)OCc1ccccc1)NC(=O)CNC(=O)[C@H](CCCN=C(N)N[N+](=O)[O-])NC(=O)OC(C)(C)C)C(=O)OCc1ccccc1. The minimum Gasteiger partial charge on any atom is -0.461 e. The van der Waals surface area contributed by atoms with Crippen molar-refractivity contribution in [2.75, 3.05) is 13.1 Å². The molecule has 3 atom stereocenters. The number of hydrogen-bond donors (Lipinski definition) is 6. The number of amides is 4. The van der Waals surface area contributed by atoms with E-state index in [1.54, 1.807) is 94.6 Å². The van der Waals surface area contributed by atoms with Crippen LogP contribution in [0.3, 0.4) is 0 Å². The number of nitrogens with one attached hydrogen (secondary N) is 5. The van der Waals surface area contributed by atoms with Crippen LogP contribution < -0.4 is 32.4 Å². The van der Waals surface area contributed by atoms with E-state index >= 15 is 0 Å². The number of ether oxygens (including phenoxy) is 3. The quantitative estimate of drug-likeness (QED) is 0.0212. The Morgan fingerprint density at radius 3 is 1.96 bits per heavy atom. The molecular formula is C36H50N8O11. The Labute approximate surface area is 318 Å². The zero-order chi connectivity index (χ0) is 41.0. The van der Waals surface area contributed by atoms with Gasteiger partial charge in [0, 0.05) is 6.54 Å². The molecule has 0 aliphatic rings. The van der Waals surface area contributed by atoms with E-state index in [1.807, 2.05) is 6.07 Å². The fraction of sp³-hybridized carbons (Fsp3) is 0.472. The van der Waals surface area contributed by atoms with Crippen LogP contribution in [-0.4, -0.2) is 83.6 Å². The lowest BCUT2D eigenvalue weighted by molar-refractivity contribution is -0.525. The Balaban J connectivity index is 2.15. The summed E-state index contributed by atoms with van der Waals surface area (Å²) in [6.45, 7) is 7.31. The molecule has 0 spiro atoms. The lowest BCUT2D eigenvalue weighted by Gasteiger charge is -2.25. The zero-order valence-corrected chi connectivity index (χ0v) is 31.5. The maximum absolute atomic E-state index is 13.6. The summed E-state index contributed by atoms with van der Waals surface area (Å²) in [4.78, 5) is 92.6. The molecule has 300 valence electrons. The number of carbonyl (C=O) groups is 6. The van der Waals surface area contributed by atoms with Gasteiger partial charge in [0.05, 0.1) is 13.0 Å². The number of carbonyl (C=O) groups excluding carboxylic acids is 6. The summed E-state index contributed by atoms with van der Waals surface area (Å²) < 4.78 is 16.0. The van der Waals surface area contributed by atoms with Crippen molar-refractivity contribution in [3.05, 3.63) is 81.9 Å². The minimum absolute atomic E-state index is 0.0445. The van der Waals surface area contributed by atoms with Crippen LogP contribution in [0.1, 0.15) is 65.0 Å². The molecule has 2 rings (SSSR count). The first-order valence-corrected chi connectivity index (χ1v) is 17.4. The molecule has 55 heavy (non-hydrogen) atoms. The smallest absolute Gasteiger partial charge is 0.408 e. The second kappa shape index (κ2) is 22.7. The van der Waals surface area contributed by atoms with Crippen molar-refractivity contribution in [2.24, 2.45) is 16.6 Å².